The zero-order chi connectivity index (χ0) is 24.1. The van der Waals surface area contributed by atoms with Crippen molar-refractivity contribution < 1.29 is 23.9 Å². The van der Waals surface area contributed by atoms with Crippen molar-refractivity contribution >= 4 is 52.1 Å². The summed E-state index contributed by atoms with van der Waals surface area (Å²) in [6.45, 7) is 0. The number of carbonyl (C=O) groups is 3. The summed E-state index contributed by atoms with van der Waals surface area (Å²) in [5.41, 5.74) is 1.21. The molecule has 0 unspecified atom stereocenters. The van der Waals surface area contributed by atoms with Crippen molar-refractivity contribution in [1.82, 2.24) is 15.2 Å². The van der Waals surface area contributed by atoms with Crippen molar-refractivity contribution in [3.63, 3.8) is 0 Å². The first-order valence-corrected chi connectivity index (χ1v) is 10.6. The van der Waals surface area contributed by atoms with E-state index in [4.69, 9.17) is 32.7 Å². The second kappa shape index (κ2) is 10.5. The predicted octanol–water partition coefficient (Wildman–Crippen LogP) is 4.12. The number of benzene rings is 2. The second-order valence-corrected chi connectivity index (χ2v) is 8.05. The number of esters is 1. The lowest BCUT2D eigenvalue weighted by atomic mass is 10.0. The number of nitrogens with zero attached hydrogens (tertiary/aromatic N) is 2. The fraction of sp³-hybridized carbons (Fsp3) is 0.217. The van der Waals surface area contributed by atoms with Crippen LogP contribution in [-0.4, -0.2) is 55.1 Å². The highest BCUT2D eigenvalue weighted by Gasteiger charge is 2.26. The van der Waals surface area contributed by atoms with E-state index in [9.17, 15) is 14.4 Å². The fourth-order valence-corrected chi connectivity index (χ4v) is 3.71. The molecule has 1 heterocycles. The van der Waals surface area contributed by atoms with Crippen LogP contribution in [-0.2, 0) is 16.0 Å². The molecule has 33 heavy (non-hydrogen) atoms. The largest absolute Gasteiger partial charge is 0.467 e. The summed E-state index contributed by atoms with van der Waals surface area (Å²) in [4.78, 5) is 43.0. The van der Waals surface area contributed by atoms with Crippen LogP contribution in [0.15, 0.2) is 48.7 Å². The molecule has 0 aliphatic heterocycles. The highest BCUT2D eigenvalue weighted by molar-refractivity contribution is 6.39. The Morgan fingerprint density at radius 3 is 2.39 bits per heavy atom. The minimum absolute atomic E-state index is 0.0589. The number of hydrogen-bond acceptors (Lipinski definition) is 6. The average molecular weight is 490 g/mol. The number of hydrogen-bond donors (Lipinski definition) is 1. The number of halogens is 2. The normalized spacial score (nSPS) is 11.5. The van der Waals surface area contributed by atoms with Crippen molar-refractivity contribution in [2.24, 2.45) is 0 Å². The molecular formula is C23H21Cl2N3O5. The molecule has 2 aromatic carbocycles. The van der Waals surface area contributed by atoms with Crippen LogP contribution in [0.5, 0.6) is 5.75 Å². The summed E-state index contributed by atoms with van der Waals surface area (Å²) >= 11 is 12.2. The summed E-state index contributed by atoms with van der Waals surface area (Å²) in [7, 11) is 4.38. The van der Waals surface area contributed by atoms with E-state index >= 15 is 0 Å². The van der Waals surface area contributed by atoms with Gasteiger partial charge in [0.1, 0.15) is 11.8 Å². The smallest absolute Gasteiger partial charge is 0.414 e. The summed E-state index contributed by atoms with van der Waals surface area (Å²) in [6.07, 6.45) is 1.11. The first-order valence-electron chi connectivity index (χ1n) is 9.81. The molecule has 0 spiro atoms. The molecule has 0 saturated carbocycles. The van der Waals surface area contributed by atoms with Crippen molar-refractivity contribution in [2.75, 3.05) is 21.2 Å². The quantitative estimate of drug-likeness (QED) is 0.523. The van der Waals surface area contributed by atoms with Gasteiger partial charge in [0.05, 0.1) is 28.2 Å². The van der Waals surface area contributed by atoms with Gasteiger partial charge in [0, 0.05) is 32.1 Å². The Bertz CT molecular complexity index is 1200. The molecule has 3 aromatic rings. The van der Waals surface area contributed by atoms with Gasteiger partial charge in [-0.1, -0.05) is 35.3 Å². The summed E-state index contributed by atoms with van der Waals surface area (Å²) in [5.74, 6) is -0.949. The molecule has 2 amide bonds. The molecule has 10 heteroatoms. The Kier molecular flexibility index (Phi) is 7.73. The number of rotatable bonds is 6. The first-order chi connectivity index (χ1) is 15.7. The van der Waals surface area contributed by atoms with Gasteiger partial charge in [-0.15, -0.1) is 0 Å². The van der Waals surface area contributed by atoms with Gasteiger partial charge in [0.15, 0.2) is 0 Å². The number of carbonyl (C=O) groups excluding carboxylic acids is 3. The fourth-order valence-electron chi connectivity index (χ4n) is 3.14. The molecule has 1 N–H and O–H groups in total. The maximum atomic E-state index is 12.8. The van der Waals surface area contributed by atoms with E-state index in [2.05, 4.69) is 10.3 Å². The Hall–Kier alpha value is -3.36. The van der Waals surface area contributed by atoms with Crippen molar-refractivity contribution in [3.05, 3.63) is 69.8 Å². The lowest BCUT2D eigenvalue weighted by Gasteiger charge is -2.19. The van der Waals surface area contributed by atoms with Crippen LogP contribution in [0, 0.1) is 0 Å². The average Bonchev–Trinajstić information content (AvgIpc) is 2.79. The third kappa shape index (κ3) is 5.53. The van der Waals surface area contributed by atoms with Crippen molar-refractivity contribution in [1.29, 1.82) is 0 Å². The topological polar surface area (TPSA) is 97.8 Å². The van der Waals surface area contributed by atoms with E-state index in [1.165, 1.54) is 24.1 Å². The Balaban J connectivity index is 1.94. The van der Waals surface area contributed by atoms with Crippen molar-refractivity contribution in [2.45, 2.75) is 12.5 Å². The highest BCUT2D eigenvalue weighted by atomic mass is 35.5. The zero-order valence-corrected chi connectivity index (χ0v) is 19.6. The van der Waals surface area contributed by atoms with Gasteiger partial charge >= 0.3 is 12.1 Å². The van der Waals surface area contributed by atoms with Crippen LogP contribution in [0.3, 0.4) is 0 Å². The molecule has 0 bridgehead atoms. The summed E-state index contributed by atoms with van der Waals surface area (Å²) in [6, 6.07) is 10.4. The molecule has 8 nitrogen and oxygen atoms in total. The van der Waals surface area contributed by atoms with Gasteiger partial charge in [-0.3, -0.25) is 9.78 Å². The van der Waals surface area contributed by atoms with Gasteiger partial charge in [-0.25, -0.2) is 9.59 Å². The molecule has 0 aliphatic rings. The van der Waals surface area contributed by atoms with Gasteiger partial charge in [-0.2, -0.15) is 0 Å². The second-order valence-electron chi connectivity index (χ2n) is 7.23. The van der Waals surface area contributed by atoms with Crippen LogP contribution in [0.25, 0.3) is 10.9 Å². The van der Waals surface area contributed by atoms with E-state index in [1.807, 2.05) is 0 Å². The van der Waals surface area contributed by atoms with E-state index in [0.29, 0.717) is 22.2 Å². The molecular weight excluding hydrogens is 469 g/mol. The van der Waals surface area contributed by atoms with Gasteiger partial charge in [-0.05, 0) is 35.9 Å². The van der Waals surface area contributed by atoms with Gasteiger partial charge in [0.25, 0.3) is 5.91 Å². The predicted molar refractivity (Wildman–Crippen MR) is 125 cm³/mol. The van der Waals surface area contributed by atoms with E-state index < -0.39 is 24.0 Å². The molecule has 0 fully saturated rings. The van der Waals surface area contributed by atoms with Gasteiger partial charge in [0.2, 0.25) is 0 Å². The van der Waals surface area contributed by atoms with Gasteiger partial charge < -0.3 is 19.7 Å². The minimum Gasteiger partial charge on any atom is -0.467 e. The molecule has 1 atom stereocenters. The number of pyridine rings is 1. The maximum Gasteiger partial charge on any atom is 0.414 e. The standard InChI is InChI=1S/C23H21Cl2N3O5/c1-28(2)23(31)33-18-10-9-13(20-14(18)6-5-11-26-20)12-17(22(30)32-3)27-21(29)19-15(24)7-4-8-16(19)25/h4-11,17H,12H2,1-3H3,(H,27,29)/t17-/m0/s1. The lowest BCUT2D eigenvalue weighted by Crippen LogP contribution is -2.43. The molecule has 3 rings (SSSR count). The third-order valence-electron chi connectivity index (χ3n) is 4.78. The van der Waals surface area contributed by atoms with Crippen LogP contribution in [0.2, 0.25) is 10.0 Å². The number of aromatic nitrogens is 1. The Labute approximate surface area is 200 Å². The van der Waals surface area contributed by atoms with Crippen molar-refractivity contribution in [3.8, 4) is 5.75 Å². The van der Waals surface area contributed by atoms with E-state index in [0.717, 1.165) is 0 Å². The van der Waals surface area contributed by atoms with Crippen LogP contribution in [0.1, 0.15) is 15.9 Å². The lowest BCUT2D eigenvalue weighted by molar-refractivity contribution is -0.142. The maximum absolute atomic E-state index is 12.8. The first kappa shape index (κ1) is 24.3. The molecule has 0 radical (unpaired) electrons. The molecule has 172 valence electrons. The molecule has 1 aromatic heterocycles. The highest BCUT2D eigenvalue weighted by Crippen LogP contribution is 2.29. The Morgan fingerprint density at radius 2 is 1.76 bits per heavy atom. The summed E-state index contributed by atoms with van der Waals surface area (Å²) < 4.78 is 10.3. The number of amides is 2. The minimum atomic E-state index is -1.05. The zero-order valence-electron chi connectivity index (χ0n) is 18.1. The Morgan fingerprint density at radius 1 is 1.06 bits per heavy atom. The number of methoxy groups -OCH3 is 1. The van der Waals surface area contributed by atoms with Crippen LogP contribution in [0.4, 0.5) is 4.79 Å². The van der Waals surface area contributed by atoms with E-state index in [1.54, 1.807) is 50.6 Å². The monoisotopic (exact) mass is 489 g/mol. The molecule has 0 saturated heterocycles. The third-order valence-corrected chi connectivity index (χ3v) is 5.41. The number of fused-ring (bicyclic) bond motifs is 1. The summed E-state index contributed by atoms with van der Waals surface area (Å²) in [5, 5.41) is 3.53. The van der Waals surface area contributed by atoms with E-state index in [-0.39, 0.29) is 22.0 Å². The number of nitrogens with one attached hydrogen (secondary N) is 1. The number of ether oxygens (including phenoxy) is 2. The van der Waals surface area contributed by atoms with Crippen LogP contribution >= 0.6 is 23.2 Å². The SMILES string of the molecule is COC(=O)[C@H](Cc1ccc(OC(=O)N(C)C)c2cccnc12)NC(=O)c1c(Cl)cccc1Cl. The molecule has 0 aliphatic carbocycles. The van der Waals surface area contributed by atoms with Crippen LogP contribution < -0.4 is 10.1 Å².